The van der Waals surface area contributed by atoms with Gasteiger partial charge in [0, 0.05) is 10.9 Å². The summed E-state index contributed by atoms with van der Waals surface area (Å²) in [4.78, 5) is 28.7. The van der Waals surface area contributed by atoms with Crippen LogP contribution in [0.4, 0.5) is 5.69 Å². The highest BCUT2D eigenvalue weighted by Gasteiger charge is 2.33. The molecule has 2 aromatic rings. The van der Waals surface area contributed by atoms with Crippen molar-refractivity contribution >= 4 is 28.9 Å². The zero-order valence-electron chi connectivity index (χ0n) is 11.1. The van der Waals surface area contributed by atoms with Crippen LogP contribution in [-0.2, 0) is 9.59 Å². The number of aromatic nitrogens is 1. The molecule has 0 bridgehead atoms. The highest BCUT2D eigenvalue weighted by atomic mass is 32.1. The monoisotopic (exact) mass is 304 g/mol. The van der Waals surface area contributed by atoms with E-state index in [1.165, 1.54) is 23.2 Å². The second-order valence-corrected chi connectivity index (χ2v) is 5.34. The average molecular weight is 304 g/mol. The third kappa shape index (κ3) is 2.36. The summed E-state index contributed by atoms with van der Waals surface area (Å²) in [6, 6.07) is 4.36. The van der Waals surface area contributed by atoms with Crippen molar-refractivity contribution < 1.29 is 19.4 Å². The Morgan fingerprint density at radius 1 is 1.52 bits per heavy atom. The van der Waals surface area contributed by atoms with Gasteiger partial charge in [-0.1, -0.05) is 0 Å². The van der Waals surface area contributed by atoms with Crippen molar-refractivity contribution in [1.82, 2.24) is 4.98 Å². The van der Waals surface area contributed by atoms with Gasteiger partial charge in [-0.3, -0.25) is 9.69 Å². The Morgan fingerprint density at radius 2 is 2.33 bits per heavy atom. The van der Waals surface area contributed by atoms with Gasteiger partial charge in [-0.05, 0) is 25.1 Å². The number of nitrogens with zero attached hydrogens (tertiary/aromatic N) is 2. The smallest absolute Gasteiger partial charge is 0.326 e. The van der Waals surface area contributed by atoms with E-state index in [-0.39, 0.29) is 12.5 Å². The molecule has 7 heteroatoms. The predicted molar refractivity (Wildman–Crippen MR) is 77.6 cm³/mol. The van der Waals surface area contributed by atoms with Crippen LogP contribution >= 0.6 is 11.3 Å². The minimum Gasteiger partial charge on any atom is -0.482 e. The Hall–Kier alpha value is -2.41. The molecule has 108 valence electrons. The largest absolute Gasteiger partial charge is 0.482 e. The first-order valence-electron chi connectivity index (χ1n) is 6.28. The molecule has 1 amide bonds. The zero-order chi connectivity index (χ0) is 15.0. The van der Waals surface area contributed by atoms with Gasteiger partial charge in [0.1, 0.15) is 11.8 Å². The summed E-state index contributed by atoms with van der Waals surface area (Å²) in [5.41, 5.74) is 3.78. The number of aliphatic carboxylic acids is 1. The lowest BCUT2D eigenvalue weighted by Crippen LogP contribution is -2.48. The average Bonchev–Trinajstić information content (AvgIpc) is 3.00. The van der Waals surface area contributed by atoms with Crippen molar-refractivity contribution in [3.63, 3.8) is 0 Å². The number of amides is 1. The van der Waals surface area contributed by atoms with Crippen LogP contribution in [0.3, 0.4) is 0 Å². The van der Waals surface area contributed by atoms with E-state index in [2.05, 4.69) is 4.98 Å². The maximum Gasteiger partial charge on any atom is 0.326 e. The third-order valence-corrected chi connectivity index (χ3v) is 3.90. The van der Waals surface area contributed by atoms with Crippen LogP contribution in [0, 0.1) is 0 Å². The van der Waals surface area contributed by atoms with Crippen LogP contribution in [0.5, 0.6) is 5.75 Å². The van der Waals surface area contributed by atoms with Crippen molar-refractivity contribution in [3.05, 3.63) is 29.1 Å². The molecule has 0 aliphatic carbocycles. The number of anilines is 1. The fraction of sp³-hybridized carbons (Fsp3) is 0.214. The summed E-state index contributed by atoms with van der Waals surface area (Å²) in [6.45, 7) is 1.32. The first-order chi connectivity index (χ1) is 10.1. The van der Waals surface area contributed by atoms with Gasteiger partial charge < -0.3 is 9.84 Å². The molecule has 0 unspecified atom stereocenters. The first-order valence-corrected chi connectivity index (χ1v) is 7.22. The Morgan fingerprint density at radius 3 is 3.00 bits per heavy atom. The third-order valence-electron chi connectivity index (χ3n) is 3.31. The second-order valence-electron chi connectivity index (χ2n) is 4.62. The Bertz CT molecular complexity index is 699. The summed E-state index contributed by atoms with van der Waals surface area (Å²) in [5, 5.41) is 11.1. The number of hydrogen-bond donors (Lipinski definition) is 1. The van der Waals surface area contributed by atoms with Gasteiger partial charge >= 0.3 is 5.97 Å². The maximum absolute atomic E-state index is 12.0. The molecular weight excluding hydrogens is 292 g/mol. The Kier molecular flexibility index (Phi) is 3.34. The molecule has 1 aliphatic rings. The molecular formula is C14H12N2O4S. The van der Waals surface area contributed by atoms with E-state index in [9.17, 15) is 14.7 Å². The van der Waals surface area contributed by atoms with E-state index >= 15 is 0 Å². The van der Waals surface area contributed by atoms with E-state index in [4.69, 9.17) is 4.74 Å². The quantitative estimate of drug-likeness (QED) is 0.938. The fourth-order valence-electron chi connectivity index (χ4n) is 2.22. The van der Waals surface area contributed by atoms with Crippen molar-refractivity contribution in [2.45, 2.75) is 13.0 Å². The SMILES string of the molecule is C[C@H](C(=O)O)N1C(=O)COc2ccc(-c3cscn3)cc21. The fourth-order valence-corrected chi connectivity index (χ4v) is 2.78. The molecule has 6 nitrogen and oxygen atoms in total. The van der Waals surface area contributed by atoms with E-state index in [0.29, 0.717) is 11.4 Å². The van der Waals surface area contributed by atoms with Crippen molar-refractivity contribution in [2.75, 3.05) is 11.5 Å². The molecule has 0 saturated carbocycles. The lowest BCUT2D eigenvalue weighted by atomic mass is 10.1. The maximum atomic E-state index is 12.0. The molecule has 3 rings (SSSR count). The number of carboxylic acid groups (broad SMARTS) is 1. The van der Waals surface area contributed by atoms with Crippen LogP contribution in [0.15, 0.2) is 29.1 Å². The molecule has 0 fully saturated rings. The van der Waals surface area contributed by atoms with Crippen LogP contribution < -0.4 is 9.64 Å². The number of thiazole rings is 1. The lowest BCUT2D eigenvalue weighted by Gasteiger charge is -2.32. The van der Waals surface area contributed by atoms with Gasteiger partial charge in [0.2, 0.25) is 0 Å². The van der Waals surface area contributed by atoms with E-state index in [0.717, 1.165) is 11.3 Å². The molecule has 1 aromatic heterocycles. The van der Waals surface area contributed by atoms with Crippen LogP contribution in [0.25, 0.3) is 11.3 Å². The summed E-state index contributed by atoms with van der Waals surface area (Å²) < 4.78 is 5.37. The zero-order valence-corrected chi connectivity index (χ0v) is 12.0. The summed E-state index contributed by atoms with van der Waals surface area (Å²) >= 11 is 1.47. The minimum atomic E-state index is -1.06. The van der Waals surface area contributed by atoms with Gasteiger partial charge in [-0.25, -0.2) is 9.78 Å². The number of rotatable bonds is 3. The summed E-state index contributed by atoms with van der Waals surface area (Å²) in [7, 11) is 0. The molecule has 0 saturated heterocycles. The highest BCUT2D eigenvalue weighted by molar-refractivity contribution is 7.07. The van der Waals surface area contributed by atoms with Crippen molar-refractivity contribution in [1.29, 1.82) is 0 Å². The van der Waals surface area contributed by atoms with Crippen LogP contribution in [0.2, 0.25) is 0 Å². The number of carboxylic acids is 1. The number of hydrogen-bond acceptors (Lipinski definition) is 5. The first kappa shape index (κ1) is 13.6. The van der Waals surface area contributed by atoms with Crippen molar-refractivity contribution in [3.8, 4) is 17.0 Å². The molecule has 1 N–H and O–H groups in total. The molecule has 2 heterocycles. The minimum absolute atomic E-state index is 0.152. The Balaban J connectivity index is 2.09. The molecule has 21 heavy (non-hydrogen) atoms. The van der Waals surface area contributed by atoms with E-state index < -0.39 is 12.0 Å². The summed E-state index contributed by atoms with van der Waals surface area (Å²) in [5.74, 6) is -0.926. The molecule has 1 aromatic carbocycles. The van der Waals surface area contributed by atoms with Crippen LogP contribution in [-0.4, -0.2) is 34.6 Å². The molecule has 0 radical (unpaired) electrons. The topological polar surface area (TPSA) is 79.7 Å². The van der Waals surface area contributed by atoms with Gasteiger partial charge in [-0.15, -0.1) is 11.3 Å². The standard InChI is InChI=1S/C14H12N2O4S/c1-8(14(18)19)16-11-4-9(10-6-21-7-15-10)2-3-12(11)20-5-13(16)17/h2-4,6-8H,5H2,1H3,(H,18,19)/t8-/m1/s1. The van der Waals surface area contributed by atoms with E-state index in [1.54, 1.807) is 17.6 Å². The highest BCUT2D eigenvalue weighted by Crippen LogP contribution is 2.37. The van der Waals surface area contributed by atoms with Gasteiger partial charge in [0.25, 0.3) is 5.91 Å². The predicted octanol–water partition coefficient (Wildman–Crippen LogP) is 2.01. The lowest BCUT2D eigenvalue weighted by molar-refractivity contribution is -0.140. The number of fused-ring (bicyclic) bond motifs is 1. The summed E-state index contributed by atoms with van der Waals surface area (Å²) in [6.07, 6.45) is 0. The molecule has 1 atom stereocenters. The van der Waals surface area contributed by atoms with Gasteiger partial charge in [0.05, 0.1) is 16.9 Å². The second kappa shape index (κ2) is 5.17. The Labute approximate surface area is 124 Å². The van der Waals surface area contributed by atoms with Crippen molar-refractivity contribution in [2.24, 2.45) is 0 Å². The number of ether oxygens (including phenoxy) is 1. The van der Waals surface area contributed by atoms with Gasteiger partial charge in [-0.2, -0.15) is 0 Å². The number of benzene rings is 1. The normalized spacial score (nSPS) is 15.3. The number of carbonyl (C=O) groups excluding carboxylic acids is 1. The van der Waals surface area contributed by atoms with Gasteiger partial charge in [0.15, 0.2) is 6.61 Å². The molecule has 1 aliphatic heterocycles. The molecule has 0 spiro atoms. The van der Waals surface area contributed by atoms with E-state index in [1.807, 2.05) is 11.4 Å². The van der Waals surface area contributed by atoms with Crippen LogP contribution in [0.1, 0.15) is 6.92 Å². The number of carbonyl (C=O) groups is 2.